The summed E-state index contributed by atoms with van der Waals surface area (Å²) < 4.78 is 9.77. The van der Waals surface area contributed by atoms with E-state index in [4.69, 9.17) is 10.5 Å². The van der Waals surface area contributed by atoms with E-state index < -0.39 is 0 Å². The molecule has 0 aliphatic carbocycles. The number of nitrogens with one attached hydrogen (secondary N) is 1. The zero-order valence-electron chi connectivity index (χ0n) is 13.5. The van der Waals surface area contributed by atoms with Crippen LogP contribution in [0.1, 0.15) is 30.9 Å². The highest BCUT2D eigenvalue weighted by Crippen LogP contribution is 2.19. The summed E-state index contributed by atoms with van der Waals surface area (Å²) in [6.07, 6.45) is 0.593. The van der Waals surface area contributed by atoms with Gasteiger partial charge in [0.2, 0.25) is 5.91 Å². The molecule has 1 aromatic rings. The molecule has 6 nitrogen and oxygen atoms in total. The van der Waals surface area contributed by atoms with Crippen molar-refractivity contribution in [2.45, 2.75) is 31.4 Å². The maximum Gasteiger partial charge on any atom is 0.305 e. The summed E-state index contributed by atoms with van der Waals surface area (Å²) in [5, 5.41) is 2.93. The highest BCUT2D eigenvalue weighted by atomic mass is 35.5. The van der Waals surface area contributed by atoms with Gasteiger partial charge in [-0.25, -0.2) is 0 Å². The van der Waals surface area contributed by atoms with Crippen molar-refractivity contribution in [2.75, 3.05) is 20.8 Å². The molecule has 0 aromatic heterocycles. The van der Waals surface area contributed by atoms with Crippen molar-refractivity contribution >= 4 is 24.3 Å². The number of carbonyl (C=O) groups excluding carboxylic acids is 2. The molecule has 1 rings (SSSR count). The van der Waals surface area contributed by atoms with Crippen LogP contribution in [0.15, 0.2) is 30.3 Å². The van der Waals surface area contributed by atoms with E-state index in [1.165, 1.54) is 14.2 Å². The molecule has 0 aliphatic rings. The Morgan fingerprint density at radius 3 is 2.39 bits per heavy atom. The molecule has 0 spiro atoms. The minimum absolute atomic E-state index is 0. The van der Waals surface area contributed by atoms with E-state index in [-0.39, 0.29) is 55.8 Å². The predicted molar refractivity (Wildman–Crippen MR) is 90.3 cm³/mol. The Balaban J connectivity index is 0.00000484. The van der Waals surface area contributed by atoms with E-state index in [0.717, 1.165) is 5.56 Å². The van der Waals surface area contributed by atoms with Crippen LogP contribution in [0.25, 0.3) is 0 Å². The summed E-state index contributed by atoms with van der Waals surface area (Å²) in [4.78, 5) is 23.4. The molecule has 0 fully saturated rings. The quantitative estimate of drug-likeness (QED) is 0.664. The fourth-order valence-electron chi connectivity index (χ4n) is 2.09. The Bertz CT molecular complexity index is 466. The van der Waals surface area contributed by atoms with Gasteiger partial charge < -0.3 is 20.5 Å². The van der Waals surface area contributed by atoms with Crippen molar-refractivity contribution in [3.8, 4) is 0 Å². The third-order valence-corrected chi connectivity index (χ3v) is 3.41. The SMILES string of the molecule is COC(=O)CCC(NC(=O)CC(CN)OC)c1ccccc1.Cl. The first-order valence-corrected chi connectivity index (χ1v) is 7.24. The first kappa shape index (κ1) is 21.4. The minimum atomic E-state index is -0.308. The number of esters is 1. The van der Waals surface area contributed by atoms with E-state index >= 15 is 0 Å². The third kappa shape index (κ3) is 7.97. The van der Waals surface area contributed by atoms with Crippen molar-refractivity contribution in [3.63, 3.8) is 0 Å². The first-order chi connectivity index (χ1) is 10.6. The normalized spacial score (nSPS) is 12.7. The van der Waals surface area contributed by atoms with E-state index in [0.29, 0.717) is 6.42 Å². The Morgan fingerprint density at radius 1 is 1.22 bits per heavy atom. The van der Waals surface area contributed by atoms with Gasteiger partial charge in [0, 0.05) is 20.1 Å². The monoisotopic (exact) mass is 344 g/mol. The largest absolute Gasteiger partial charge is 0.469 e. The Kier molecular flexibility index (Phi) is 11.0. The summed E-state index contributed by atoms with van der Waals surface area (Å²) >= 11 is 0. The van der Waals surface area contributed by atoms with E-state index in [2.05, 4.69) is 10.1 Å². The number of nitrogens with two attached hydrogens (primary N) is 1. The standard InChI is InChI=1S/C16H24N2O4.ClH/c1-21-13(11-17)10-15(19)18-14(8-9-16(20)22-2)12-6-4-3-5-7-12;/h3-7,13-14H,8-11,17H2,1-2H3,(H,18,19);1H. The highest BCUT2D eigenvalue weighted by molar-refractivity contribution is 5.85. The van der Waals surface area contributed by atoms with Gasteiger partial charge in [0.05, 0.1) is 25.7 Å². The van der Waals surface area contributed by atoms with Crippen LogP contribution in [-0.4, -0.2) is 38.7 Å². The maximum absolute atomic E-state index is 12.1. The molecule has 2 unspecified atom stereocenters. The lowest BCUT2D eigenvalue weighted by atomic mass is 10.0. The summed E-state index contributed by atoms with van der Waals surface area (Å²) in [7, 11) is 2.87. The van der Waals surface area contributed by atoms with Gasteiger partial charge in [-0.3, -0.25) is 9.59 Å². The third-order valence-electron chi connectivity index (χ3n) is 3.41. The Morgan fingerprint density at radius 2 is 1.87 bits per heavy atom. The number of rotatable bonds is 9. The fraction of sp³-hybridized carbons (Fsp3) is 0.500. The lowest BCUT2D eigenvalue weighted by molar-refractivity contribution is -0.141. The van der Waals surface area contributed by atoms with Crippen molar-refractivity contribution in [3.05, 3.63) is 35.9 Å². The fourth-order valence-corrected chi connectivity index (χ4v) is 2.09. The molecular formula is C16H25ClN2O4. The van der Waals surface area contributed by atoms with Crippen LogP contribution in [0.2, 0.25) is 0 Å². The summed E-state index contributed by atoms with van der Waals surface area (Å²) in [5.74, 6) is -0.456. The first-order valence-electron chi connectivity index (χ1n) is 7.24. The minimum Gasteiger partial charge on any atom is -0.469 e. The number of methoxy groups -OCH3 is 2. The molecular weight excluding hydrogens is 320 g/mol. The summed E-state index contributed by atoms with van der Waals surface area (Å²) in [6, 6.07) is 9.27. The molecule has 0 heterocycles. The van der Waals surface area contributed by atoms with Gasteiger partial charge in [-0.1, -0.05) is 30.3 Å². The molecule has 23 heavy (non-hydrogen) atoms. The van der Waals surface area contributed by atoms with Gasteiger partial charge in [0.15, 0.2) is 0 Å². The number of benzene rings is 1. The van der Waals surface area contributed by atoms with Gasteiger partial charge in [0.1, 0.15) is 0 Å². The molecule has 1 aromatic carbocycles. The van der Waals surface area contributed by atoms with Crippen LogP contribution in [-0.2, 0) is 19.1 Å². The summed E-state index contributed by atoms with van der Waals surface area (Å²) in [6.45, 7) is 0.280. The number of carbonyl (C=O) groups is 2. The number of hydrogen-bond donors (Lipinski definition) is 2. The molecule has 0 saturated carbocycles. The van der Waals surface area contributed by atoms with Crippen molar-refractivity contribution in [1.82, 2.24) is 5.32 Å². The second-order valence-corrected chi connectivity index (χ2v) is 4.94. The van der Waals surface area contributed by atoms with Crippen LogP contribution in [0.5, 0.6) is 0 Å². The van der Waals surface area contributed by atoms with Gasteiger partial charge in [-0.2, -0.15) is 0 Å². The van der Waals surface area contributed by atoms with E-state index in [1.807, 2.05) is 30.3 Å². The average molecular weight is 345 g/mol. The van der Waals surface area contributed by atoms with Gasteiger partial charge >= 0.3 is 5.97 Å². The van der Waals surface area contributed by atoms with E-state index in [9.17, 15) is 9.59 Å². The van der Waals surface area contributed by atoms with E-state index in [1.54, 1.807) is 0 Å². The average Bonchev–Trinajstić information content (AvgIpc) is 2.56. The highest BCUT2D eigenvalue weighted by Gasteiger charge is 2.18. The number of halogens is 1. The van der Waals surface area contributed by atoms with Crippen LogP contribution in [0.3, 0.4) is 0 Å². The maximum atomic E-state index is 12.1. The van der Waals surface area contributed by atoms with Crippen LogP contribution in [0.4, 0.5) is 0 Å². The van der Waals surface area contributed by atoms with Crippen molar-refractivity contribution in [2.24, 2.45) is 5.73 Å². The molecule has 0 bridgehead atoms. The van der Waals surface area contributed by atoms with Gasteiger partial charge in [0.25, 0.3) is 0 Å². The zero-order chi connectivity index (χ0) is 16.4. The van der Waals surface area contributed by atoms with Crippen molar-refractivity contribution in [1.29, 1.82) is 0 Å². The number of ether oxygens (including phenoxy) is 2. The topological polar surface area (TPSA) is 90.7 Å². The summed E-state index contributed by atoms with van der Waals surface area (Å²) in [5.41, 5.74) is 6.47. The molecule has 1 amide bonds. The molecule has 7 heteroatoms. The Hall–Kier alpha value is -1.63. The number of hydrogen-bond acceptors (Lipinski definition) is 5. The van der Waals surface area contributed by atoms with Crippen LogP contribution >= 0.6 is 12.4 Å². The van der Waals surface area contributed by atoms with Crippen molar-refractivity contribution < 1.29 is 19.1 Å². The molecule has 2 atom stereocenters. The molecule has 130 valence electrons. The van der Waals surface area contributed by atoms with Crippen LogP contribution < -0.4 is 11.1 Å². The molecule has 0 radical (unpaired) electrons. The Labute approximate surface area is 143 Å². The zero-order valence-corrected chi connectivity index (χ0v) is 14.3. The molecule has 0 aliphatic heterocycles. The predicted octanol–water partition coefficient (Wildman–Crippen LogP) is 1.58. The van der Waals surface area contributed by atoms with Gasteiger partial charge in [-0.05, 0) is 12.0 Å². The van der Waals surface area contributed by atoms with Crippen LogP contribution in [0, 0.1) is 0 Å². The lowest BCUT2D eigenvalue weighted by Gasteiger charge is -2.20. The second-order valence-electron chi connectivity index (χ2n) is 4.94. The molecule has 0 saturated heterocycles. The second kappa shape index (κ2) is 11.9. The lowest BCUT2D eigenvalue weighted by Crippen LogP contribution is -2.34. The number of amides is 1. The molecule has 3 N–H and O–H groups in total. The smallest absolute Gasteiger partial charge is 0.305 e. The van der Waals surface area contributed by atoms with Gasteiger partial charge in [-0.15, -0.1) is 12.4 Å².